The topological polar surface area (TPSA) is 113 Å². The van der Waals surface area contributed by atoms with E-state index < -0.39 is 23.8 Å². The zero-order valence-corrected chi connectivity index (χ0v) is 16.6. The summed E-state index contributed by atoms with van der Waals surface area (Å²) in [6.45, 7) is 2.18. The molecule has 0 aromatic heterocycles. The SMILES string of the molecule is CCCOC(=O)c1ccc(N2C(=O)C(Cl)=C(Nc3ccc(C(=O)O)cc3)C2=O)cc1. The highest BCUT2D eigenvalue weighted by molar-refractivity contribution is 6.53. The van der Waals surface area contributed by atoms with Gasteiger partial charge in [-0.25, -0.2) is 14.5 Å². The van der Waals surface area contributed by atoms with Gasteiger partial charge in [0.2, 0.25) is 0 Å². The predicted octanol–water partition coefficient (Wildman–Crippen LogP) is 3.39. The Hall–Kier alpha value is -3.65. The van der Waals surface area contributed by atoms with Gasteiger partial charge < -0.3 is 15.2 Å². The fourth-order valence-electron chi connectivity index (χ4n) is 2.71. The van der Waals surface area contributed by atoms with Crippen LogP contribution in [0.25, 0.3) is 0 Å². The molecule has 0 atom stereocenters. The van der Waals surface area contributed by atoms with Gasteiger partial charge in [0.25, 0.3) is 11.8 Å². The molecular formula is C21H17ClN2O6. The largest absolute Gasteiger partial charge is 0.478 e. The molecule has 0 bridgehead atoms. The van der Waals surface area contributed by atoms with E-state index >= 15 is 0 Å². The number of benzene rings is 2. The maximum atomic E-state index is 12.8. The number of esters is 1. The van der Waals surface area contributed by atoms with Crippen LogP contribution in [0.5, 0.6) is 0 Å². The van der Waals surface area contributed by atoms with Crippen LogP contribution in [0.3, 0.4) is 0 Å². The molecule has 2 N–H and O–H groups in total. The Balaban J connectivity index is 1.78. The normalized spacial score (nSPS) is 13.6. The average Bonchev–Trinajstić information content (AvgIpc) is 2.95. The Morgan fingerprint density at radius 2 is 1.60 bits per heavy atom. The van der Waals surface area contributed by atoms with Gasteiger partial charge in [0, 0.05) is 5.69 Å². The summed E-state index contributed by atoms with van der Waals surface area (Å²) >= 11 is 6.08. The van der Waals surface area contributed by atoms with Gasteiger partial charge in [0.15, 0.2) is 0 Å². The third kappa shape index (κ3) is 4.18. The van der Waals surface area contributed by atoms with Crippen molar-refractivity contribution in [1.82, 2.24) is 0 Å². The van der Waals surface area contributed by atoms with Crippen molar-refractivity contribution in [2.75, 3.05) is 16.8 Å². The van der Waals surface area contributed by atoms with Gasteiger partial charge in [-0.3, -0.25) is 9.59 Å². The number of aromatic carboxylic acids is 1. The van der Waals surface area contributed by atoms with Crippen LogP contribution in [0.2, 0.25) is 0 Å². The smallest absolute Gasteiger partial charge is 0.338 e. The van der Waals surface area contributed by atoms with Crippen molar-refractivity contribution in [3.63, 3.8) is 0 Å². The van der Waals surface area contributed by atoms with E-state index in [1.54, 1.807) is 0 Å². The molecule has 1 aliphatic rings. The van der Waals surface area contributed by atoms with Crippen molar-refractivity contribution in [2.45, 2.75) is 13.3 Å². The third-order valence-corrected chi connectivity index (χ3v) is 4.58. The van der Waals surface area contributed by atoms with Crippen LogP contribution in [0.1, 0.15) is 34.1 Å². The first-order valence-corrected chi connectivity index (χ1v) is 9.37. The van der Waals surface area contributed by atoms with Crippen LogP contribution in [0.4, 0.5) is 11.4 Å². The Morgan fingerprint density at radius 1 is 1.00 bits per heavy atom. The summed E-state index contributed by atoms with van der Waals surface area (Å²) in [6, 6.07) is 11.4. The number of carboxylic acids is 1. The molecule has 2 amide bonds. The zero-order chi connectivity index (χ0) is 21.8. The van der Waals surface area contributed by atoms with Crippen LogP contribution in [-0.2, 0) is 14.3 Å². The first-order chi connectivity index (χ1) is 14.3. The lowest BCUT2D eigenvalue weighted by atomic mass is 10.2. The molecule has 3 rings (SSSR count). The van der Waals surface area contributed by atoms with Crippen molar-refractivity contribution in [2.24, 2.45) is 0 Å². The number of halogens is 1. The number of hydrogen-bond acceptors (Lipinski definition) is 6. The Labute approximate surface area is 176 Å². The highest BCUT2D eigenvalue weighted by atomic mass is 35.5. The lowest BCUT2D eigenvalue weighted by Gasteiger charge is -2.15. The molecule has 154 valence electrons. The number of imide groups is 1. The van der Waals surface area contributed by atoms with Crippen LogP contribution in [-0.4, -0.2) is 35.5 Å². The van der Waals surface area contributed by atoms with Crippen LogP contribution >= 0.6 is 11.6 Å². The minimum atomic E-state index is -1.08. The number of anilines is 2. The van der Waals surface area contributed by atoms with E-state index in [-0.39, 0.29) is 22.0 Å². The molecule has 1 heterocycles. The summed E-state index contributed by atoms with van der Waals surface area (Å²) in [5.74, 6) is -2.97. The number of ether oxygens (including phenoxy) is 1. The van der Waals surface area contributed by atoms with E-state index in [0.29, 0.717) is 24.3 Å². The molecule has 0 radical (unpaired) electrons. The Bertz CT molecular complexity index is 1040. The quantitative estimate of drug-likeness (QED) is 0.513. The molecule has 2 aromatic carbocycles. The number of carboxylic acid groups (broad SMARTS) is 1. The fraction of sp³-hybridized carbons (Fsp3) is 0.143. The van der Waals surface area contributed by atoms with Gasteiger partial charge in [-0.05, 0) is 55.0 Å². The molecule has 1 aliphatic heterocycles. The van der Waals surface area contributed by atoms with Crippen molar-refractivity contribution >= 4 is 46.7 Å². The number of rotatable bonds is 7. The van der Waals surface area contributed by atoms with E-state index in [4.69, 9.17) is 21.4 Å². The molecular weight excluding hydrogens is 412 g/mol. The Kier molecular flexibility index (Phi) is 6.17. The molecule has 0 spiro atoms. The van der Waals surface area contributed by atoms with E-state index in [0.717, 1.165) is 4.90 Å². The monoisotopic (exact) mass is 428 g/mol. The molecule has 30 heavy (non-hydrogen) atoms. The zero-order valence-electron chi connectivity index (χ0n) is 15.8. The number of amides is 2. The summed E-state index contributed by atoms with van der Waals surface area (Å²) in [5, 5.41) is 11.4. The minimum absolute atomic E-state index is 0.0774. The molecule has 9 heteroatoms. The first-order valence-electron chi connectivity index (χ1n) is 8.99. The van der Waals surface area contributed by atoms with Crippen LogP contribution in [0, 0.1) is 0 Å². The summed E-state index contributed by atoms with van der Waals surface area (Å²) in [7, 11) is 0. The van der Waals surface area contributed by atoms with E-state index in [2.05, 4.69) is 5.32 Å². The highest BCUT2D eigenvalue weighted by Crippen LogP contribution is 2.30. The van der Waals surface area contributed by atoms with Crippen molar-refractivity contribution in [1.29, 1.82) is 0 Å². The van der Waals surface area contributed by atoms with Gasteiger partial charge in [-0.1, -0.05) is 18.5 Å². The Morgan fingerprint density at radius 3 is 2.17 bits per heavy atom. The number of carbonyl (C=O) groups is 4. The predicted molar refractivity (Wildman–Crippen MR) is 109 cm³/mol. The lowest BCUT2D eigenvalue weighted by Crippen LogP contribution is -2.32. The number of nitrogens with zero attached hydrogens (tertiary/aromatic N) is 1. The summed E-state index contributed by atoms with van der Waals surface area (Å²) in [6.07, 6.45) is 0.694. The van der Waals surface area contributed by atoms with Crippen molar-refractivity contribution in [3.05, 3.63) is 70.4 Å². The number of nitrogens with one attached hydrogen (secondary N) is 1. The molecule has 0 saturated heterocycles. The van der Waals surface area contributed by atoms with Crippen molar-refractivity contribution < 1.29 is 29.0 Å². The van der Waals surface area contributed by atoms with Gasteiger partial charge in [-0.15, -0.1) is 0 Å². The van der Waals surface area contributed by atoms with Gasteiger partial charge >= 0.3 is 11.9 Å². The molecule has 2 aromatic rings. The van der Waals surface area contributed by atoms with Crippen molar-refractivity contribution in [3.8, 4) is 0 Å². The molecule has 0 unspecified atom stereocenters. The highest BCUT2D eigenvalue weighted by Gasteiger charge is 2.39. The second kappa shape index (κ2) is 8.79. The van der Waals surface area contributed by atoms with Gasteiger partial charge in [0.1, 0.15) is 10.7 Å². The van der Waals surface area contributed by atoms with Gasteiger partial charge in [-0.2, -0.15) is 0 Å². The standard InChI is InChI=1S/C21H17ClN2O6/c1-2-11-30-21(29)13-5-9-15(10-6-13)24-18(25)16(22)17(19(24)26)23-14-7-3-12(4-8-14)20(27)28/h3-10,23H,2,11H2,1H3,(H,27,28). The molecule has 0 saturated carbocycles. The lowest BCUT2D eigenvalue weighted by molar-refractivity contribution is -0.120. The summed E-state index contributed by atoms with van der Waals surface area (Å²) < 4.78 is 5.05. The minimum Gasteiger partial charge on any atom is -0.478 e. The molecule has 0 aliphatic carbocycles. The second-order valence-corrected chi connectivity index (χ2v) is 6.70. The summed E-state index contributed by atoms with van der Waals surface area (Å²) in [5.41, 5.74) is 0.880. The third-order valence-electron chi connectivity index (χ3n) is 4.23. The maximum absolute atomic E-state index is 12.8. The number of carbonyl (C=O) groups excluding carboxylic acids is 3. The second-order valence-electron chi connectivity index (χ2n) is 6.32. The number of hydrogen-bond donors (Lipinski definition) is 2. The summed E-state index contributed by atoms with van der Waals surface area (Å²) in [4.78, 5) is 49.0. The van der Waals surface area contributed by atoms with Crippen LogP contribution in [0.15, 0.2) is 59.3 Å². The molecule has 0 fully saturated rings. The van der Waals surface area contributed by atoms with E-state index in [1.807, 2.05) is 6.92 Å². The van der Waals surface area contributed by atoms with E-state index in [9.17, 15) is 19.2 Å². The molecule has 8 nitrogen and oxygen atoms in total. The maximum Gasteiger partial charge on any atom is 0.338 e. The van der Waals surface area contributed by atoms with Gasteiger partial charge in [0.05, 0.1) is 23.4 Å². The van der Waals surface area contributed by atoms with E-state index in [1.165, 1.54) is 48.5 Å². The fourth-order valence-corrected chi connectivity index (χ4v) is 2.92. The first kappa shape index (κ1) is 21.1. The van der Waals surface area contributed by atoms with Crippen LogP contribution < -0.4 is 10.2 Å². The average molecular weight is 429 g/mol.